The Hall–Kier alpha value is -2.81. The molecule has 0 rings (SSSR count). The zero-order valence-electron chi connectivity index (χ0n) is 23.0. The molecule has 0 radical (unpaired) electrons. The highest BCUT2D eigenvalue weighted by Crippen LogP contribution is 2.03. The summed E-state index contributed by atoms with van der Waals surface area (Å²) in [5.41, 5.74) is 0. The molecule has 0 aromatic heterocycles. The molecule has 0 fully saturated rings. The van der Waals surface area contributed by atoms with Gasteiger partial charge in [-0.15, -0.1) is 0 Å². The van der Waals surface area contributed by atoms with E-state index in [1.165, 1.54) is 6.92 Å². The number of carbonyl (C=O) groups excluding carboxylic acids is 3. The van der Waals surface area contributed by atoms with Crippen LogP contribution in [0.1, 0.15) is 58.8 Å². The van der Waals surface area contributed by atoms with Gasteiger partial charge in [-0.1, -0.05) is 6.92 Å². The first-order chi connectivity index (χ1) is 18.7. The van der Waals surface area contributed by atoms with Crippen LogP contribution in [0.2, 0.25) is 0 Å². The average molecular weight is 564 g/mol. The highest BCUT2D eigenvalue weighted by atomic mass is 16.6. The van der Waals surface area contributed by atoms with Gasteiger partial charge in [0.15, 0.2) is 0 Å². The number of hydrogen-bond donors (Lipinski definition) is 5. The summed E-state index contributed by atoms with van der Waals surface area (Å²) < 4.78 is 21.4. The van der Waals surface area contributed by atoms with Crippen molar-refractivity contribution in [1.82, 2.24) is 16.0 Å². The molecule has 226 valence electrons. The third kappa shape index (κ3) is 22.8. The maximum atomic E-state index is 12.0. The quantitative estimate of drug-likeness (QED) is 0.0929. The van der Waals surface area contributed by atoms with Gasteiger partial charge in [-0.3, -0.25) is 4.79 Å². The Labute approximate surface area is 229 Å². The number of hydrogen-bond acceptors (Lipinski definition) is 9. The number of ketones is 1. The van der Waals surface area contributed by atoms with Gasteiger partial charge in [-0.25, -0.2) is 14.4 Å². The lowest BCUT2D eigenvalue weighted by molar-refractivity contribution is -0.139. The number of Topliss-reactive ketones (excluding diaryl/α,β-unsaturated/α-hetero) is 1. The van der Waals surface area contributed by atoms with Crippen LogP contribution in [-0.4, -0.2) is 111 Å². The molecule has 0 aliphatic rings. The molecule has 3 amide bonds. The number of carboxylic acids is 2. The van der Waals surface area contributed by atoms with E-state index in [9.17, 15) is 29.1 Å². The maximum absolute atomic E-state index is 12.0. The van der Waals surface area contributed by atoms with Gasteiger partial charge in [-0.05, 0) is 39.0 Å². The van der Waals surface area contributed by atoms with Gasteiger partial charge in [0.05, 0.1) is 46.2 Å². The van der Waals surface area contributed by atoms with E-state index in [1.807, 2.05) is 6.92 Å². The first-order valence-corrected chi connectivity index (χ1v) is 13.3. The number of ether oxygens (including phenoxy) is 4. The van der Waals surface area contributed by atoms with Crippen LogP contribution in [-0.2, 0) is 38.1 Å². The molecule has 2 unspecified atom stereocenters. The molecule has 0 saturated carbocycles. The normalized spacial score (nSPS) is 12.4. The Morgan fingerprint density at radius 3 is 1.64 bits per heavy atom. The third-order valence-electron chi connectivity index (χ3n) is 5.17. The molecule has 14 heteroatoms. The fourth-order valence-electron chi connectivity index (χ4n) is 3.08. The smallest absolute Gasteiger partial charge is 0.326 e. The second-order valence-corrected chi connectivity index (χ2v) is 8.69. The number of carbonyl (C=O) groups is 5. The number of urea groups is 1. The van der Waals surface area contributed by atoms with Gasteiger partial charge in [0, 0.05) is 26.0 Å². The summed E-state index contributed by atoms with van der Waals surface area (Å²) in [5.74, 6) is -3.02. The van der Waals surface area contributed by atoms with Crippen LogP contribution in [0.3, 0.4) is 0 Å². The number of amides is 3. The van der Waals surface area contributed by atoms with E-state index >= 15 is 0 Å². The van der Waals surface area contributed by atoms with E-state index in [0.29, 0.717) is 59.0 Å². The van der Waals surface area contributed by atoms with E-state index in [-0.39, 0.29) is 44.0 Å². The van der Waals surface area contributed by atoms with Crippen molar-refractivity contribution in [3.05, 3.63) is 0 Å². The highest BCUT2D eigenvalue weighted by Gasteiger charge is 2.24. The summed E-state index contributed by atoms with van der Waals surface area (Å²) in [6.45, 7) is 7.42. The van der Waals surface area contributed by atoms with Crippen molar-refractivity contribution in [2.45, 2.75) is 70.9 Å². The van der Waals surface area contributed by atoms with Crippen molar-refractivity contribution in [2.24, 2.45) is 0 Å². The minimum atomic E-state index is -1.32. The Bertz CT molecular complexity index is 721. The molecule has 0 aromatic carbocycles. The number of unbranched alkanes of at least 4 members (excludes halogenated alkanes) is 1. The minimum absolute atomic E-state index is 0.0299. The Balaban J connectivity index is 3.86. The second kappa shape index (κ2) is 24.2. The van der Waals surface area contributed by atoms with Gasteiger partial charge < -0.3 is 49.9 Å². The van der Waals surface area contributed by atoms with Crippen LogP contribution in [0.25, 0.3) is 0 Å². The first-order valence-electron chi connectivity index (χ1n) is 13.3. The van der Waals surface area contributed by atoms with Crippen molar-refractivity contribution in [3.63, 3.8) is 0 Å². The van der Waals surface area contributed by atoms with Crippen LogP contribution < -0.4 is 16.0 Å². The molecule has 0 heterocycles. The SMILES string of the molecule is CCCOCCOCCOCCOCCC(=O)NCCCCC(NC(=O)NC(CCC(C)=O)C(=O)O)C(=O)O. The van der Waals surface area contributed by atoms with Gasteiger partial charge in [0.1, 0.15) is 17.9 Å². The van der Waals surface area contributed by atoms with Gasteiger partial charge >= 0.3 is 18.0 Å². The molecule has 0 aromatic rings. The fourth-order valence-corrected chi connectivity index (χ4v) is 3.08. The summed E-state index contributed by atoms with van der Waals surface area (Å²) in [6.07, 6.45) is 1.99. The lowest BCUT2D eigenvalue weighted by Crippen LogP contribution is -2.51. The molecule has 0 saturated heterocycles. The molecule has 39 heavy (non-hydrogen) atoms. The van der Waals surface area contributed by atoms with Crippen LogP contribution in [0, 0.1) is 0 Å². The zero-order chi connectivity index (χ0) is 29.3. The van der Waals surface area contributed by atoms with Crippen molar-refractivity contribution >= 4 is 29.7 Å². The molecule has 5 N–H and O–H groups in total. The van der Waals surface area contributed by atoms with E-state index in [2.05, 4.69) is 16.0 Å². The van der Waals surface area contributed by atoms with Crippen molar-refractivity contribution in [3.8, 4) is 0 Å². The molecular weight excluding hydrogens is 518 g/mol. The Kier molecular flexibility index (Phi) is 22.5. The lowest BCUT2D eigenvalue weighted by atomic mass is 10.1. The van der Waals surface area contributed by atoms with Crippen LogP contribution in [0.15, 0.2) is 0 Å². The molecular formula is C25H45N3O11. The fraction of sp³-hybridized carbons (Fsp3) is 0.800. The van der Waals surface area contributed by atoms with Gasteiger partial charge in [-0.2, -0.15) is 0 Å². The summed E-state index contributed by atoms with van der Waals surface area (Å²) in [7, 11) is 0. The van der Waals surface area contributed by atoms with E-state index < -0.39 is 30.1 Å². The predicted molar refractivity (Wildman–Crippen MR) is 139 cm³/mol. The Morgan fingerprint density at radius 1 is 0.667 bits per heavy atom. The third-order valence-corrected chi connectivity index (χ3v) is 5.17. The molecule has 0 aliphatic heterocycles. The van der Waals surface area contributed by atoms with Crippen molar-refractivity contribution < 1.29 is 53.1 Å². The first kappa shape index (κ1) is 36.2. The van der Waals surface area contributed by atoms with Gasteiger partial charge in [0.25, 0.3) is 0 Å². The molecule has 0 spiro atoms. The second-order valence-electron chi connectivity index (χ2n) is 8.69. The average Bonchev–Trinajstić information content (AvgIpc) is 2.87. The molecule has 0 aliphatic carbocycles. The topological polar surface area (TPSA) is 199 Å². The van der Waals surface area contributed by atoms with Crippen molar-refractivity contribution in [1.29, 1.82) is 0 Å². The monoisotopic (exact) mass is 563 g/mol. The standard InChI is InChI=1S/C25H45N3O11/c1-3-11-36-13-15-38-17-18-39-16-14-37-12-9-22(30)26-10-5-4-6-20(23(31)32)27-25(35)28-21(24(33)34)8-7-19(2)29/h20-21H,3-18H2,1-2H3,(H,26,30)(H,31,32)(H,33,34)(H2,27,28,35). The minimum Gasteiger partial charge on any atom is -0.480 e. The molecule has 14 nitrogen and oxygen atoms in total. The maximum Gasteiger partial charge on any atom is 0.326 e. The largest absolute Gasteiger partial charge is 0.480 e. The summed E-state index contributed by atoms with van der Waals surface area (Å²) >= 11 is 0. The van der Waals surface area contributed by atoms with Crippen molar-refractivity contribution in [2.75, 3.05) is 59.4 Å². The summed E-state index contributed by atoms with van der Waals surface area (Å²) in [4.78, 5) is 57.6. The van der Waals surface area contributed by atoms with Crippen LogP contribution in [0.4, 0.5) is 4.79 Å². The number of carboxylic acid groups (broad SMARTS) is 2. The van der Waals surface area contributed by atoms with E-state index in [1.54, 1.807) is 0 Å². The number of nitrogens with one attached hydrogen (secondary N) is 3. The van der Waals surface area contributed by atoms with E-state index in [4.69, 9.17) is 24.1 Å². The number of aliphatic carboxylic acids is 2. The van der Waals surface area contributed by atoms with Crippen LogP contribution >= 0.6 is 0 Å². The molecule has 2 atom stereocenters. The molecule has 0 bridgehead atoms. The Morgan fingerprint density at radius 2 is 1.15 bits per heavy atom. The van der Waals surface area contributed by atoms with E-state index in [0.717, 1.165) is 13.0 Å². The predicted octanol–water partition coefficient (Wildman–Crippen LogP) is 0.714. The highest BCUT2D eigenvalue weighted by molar-refractivity contribution is 5.86. The lowest BCUT2D eigenvalue weighted by Gasteiger charge is -2.18. The van der Waals surface area contributed by atoms with Crippen LogP contribution in [0.5, 0.6) is 0 Å². The summed E-state index contributed by atoms with van der Waals surface area (Å²) in [6, 6.07) is -3.49. The zero-order valence-corrected chi connectivity index (χ0v) is 23.0. The number of rotatable bonds is 26. The van der Waals surface area contributed by atoms with Gasteiger partial charge in [0.2, 0.25) is 5.91 Å². The summed E-state index contributed by atoms with van der Waals surface area (Å²) in [5, 5.41) is 25.6.